The number of benzene rings is 1. The molecule has 0 aromatic heterocycles. The van der Waals surface area contributed by atoms with Gasteiger partial charge < -0.3 is 4.90 Å². The van der Waals surface area contributed by atoms with E-state index in [0.717, 1.165) is 31.4 Å². The van der Waals surface area contributed by atoms with Crippen LogP contribution in [0.5, 0.6) is 0 Å². The van der Waals surface area contributed by atoms with Gasteiger partial charge in [0.15, 0.2) is 0 Å². The molecule has 0 amide bonds. The van der Waals surface area contributed by atoms with Crippen molar-refractivity contribution in [3.8, 4) is 0 Å². The first-order valence-electron chi connectivity index (χ1n) is 6.86. The Morgan fingerprint density at radius 2 is 2.05 bits per heavy atom. The molecule has 2 rings (SSSR count). The number of nitrogens with zero attached hydrogens (tertiary/aromatic N) is 2. The fraction of sp³-hybridized carbons (Fsp3) is 0.538. The summed E-state index contributed by atoms with van der Waals surface area (Å²) in [5, 5.41) is 11.2. The Kier molecular flexibility index (Phi) is 4.64. The predicted molar refractivity (Wildman–Crippen MR) is 76.9 cm³/mol. The second-order valence-electron chi connectivity index (χ2n) is 5.14. The van der Waals surface area contributed by atoms with Crippen molar-refractivity contribution in [3.63, 3.8) is 0 Å². The second kappa shape index (κ2) is 6.15. The SMILES string of the molecule is CCCN(c1ccc(S(=O)(=O)C(F)F)cc1[N+](=O)[O-])C1CC1. The van der Waals surface area contributed by atoms with Crippen molar-refractivity contribution in [2.45, 2.75) is 42.9 Å². The van der Waals surface area contributed by atoms with Gasteiger partial charge in [-0.05, 0) is 31.4 Å². The number of anilines is 1. The summed E-state index contributed by atoms with van der Waals surface area (Å²) in [7, 11) is -4.85. The summed E-state index contributed by atoms with van der Waals surface area (Å²) in [4.78, 5) is 11.6. The van der Waals surface area contributed by atoms with Gasteiger partial charge in [0, 0.05) is 18.7 Å². The van der Waals surface area contributed by atoms with Crippen LogP contribution in [0, 0.1) is 10.1 Å². The second-order valence-corrected chi connectivity index (χ2v) is 7.06. The molecule has 0 radical (unpaired) electrons. The van der Waals surface area contributed by atoms with E-state index in [1.165, 1.54) is 6.07 Å². The predicted octanol–water partition coefficient (Wildman–Crippen LogP) is 2.97. The average Bonchev–Trinajstić information content (AvgIpc) is 3.28. The summed E-state index contributed by atoms with van der Waals surface area (Å²) < 4.78 is 48.1. The molecule has 0 N–H and O–H groups in total. The van der Waals surface area contributed by atoms with Crippen molar-refractivity contribution in [3.05, 3.63) is 28.3 Å². The zero-order chi connectivity index (χ0) is 16.5. The van der Waals surface area contributed by atoms with Crippen LogP contribution >= 0.6 is 0 Å². The third-order valence-corrected chi connectivity index (χ3v) is 4.85. The third kappa shape index (κ3) is 3.18. The molecule has 0 bridgehead atoms. The molecule has 0 heterocycles. The van der Waals surface area contributed by atoms with Crippen molar-refractivity contribution in [2.75, 3.05) is 11.4 Å². The van der Waals surface area contributed by atoms with Crippen LogP contribution in [-0.4, -0.2) is 31.7 Å². The highest BCUT2D eigenvalue weighted by Gasteiger charge is 2.34. The Bertz CT molecular complexity index is 675. The number of hydrogen-bond acceptors (Lipinski definition) is 5. The Labute approximate surface area is 126 Å². The maximum absolute atomic E-state index is 12.6. The fourth-order valence-electron chi connectivity index (χ4n) is 2.30. The Balaban J connectivity index is 2.50. The van der Waals surface area contributed by atoms with Gasteiger partial charge in [-0.2, -0.15) is 8.78 Å². The van der Waals surface area contributed by atoms with E-state index in [0.29, 0.717) is 6.54 Å². The van der Waals surface area contributed by atoms with Gasteiger partial charge in [0.25, 0.3) is 5.69 Å². The van der Waals surface area contributed by atoms with Crippen LogP contribution < -0.4 is 4.90 Å². The molecule has 22 heavy (non-hydrogen) atoms. The molecule has 1 aromatic carbocycles. The Hall–Kier alpha value is -1.77. The summed E-state index contributed by atoms with van der Waals surface area (Å²) in [5.41, 5.74) is -0.176. The molecule has 0 unspecified atom stereocenters. The smallest absolute Gasteiger partial charge is 0.341 e. The van der Waals surface area contributed by atoms with Crippen LogP contribution in [0.2, 0.25) is 0 Å². The lowest BCUT2D eigenvalue weighted by atomic mass is 10.2. The first-order valence-corrected chi connectivity index (χ1v) is 8.40. The zero-order valence-corrected chi connectivity index (χ0v) is 12.7. The summed E-state index contributed by atoms with van der Waals surface area (Å²) >= 11 is 0. The van der Waals surface area contributed by atoms with Crippen molar-refractivity contribution in [1.29, 1.82) is 0 Å². The van der Waals surface area contributed by atoms with Gasteiger partial charge in [-0.3, -0.25) is 10.1 Å². The van der Waals surface area contributed by atoms with Gasteiger partial charge in [-0.25, -0.2) is 8.42 Å². The highest BCUT2D eigenvalue weighted by Crippen LogP contribution is 2.38. The van der Waals surface area contributed by atoms with E-state index in [1.54, 1.807) is 0 Å². The summed E-state index contributed by atoms with van der Waals surface area (Å²) in [6.07, 6.45) is 2.59. The molecule has 6 nitrogen and oxygen atoms in total. The molecule has 0 atom stereocenters. The maximum Gasteiger partial charge on any atom is 0.341 e. The normalized spacial score (nSPS) is 15.1. The lowest BCUT2D eigenvalue weighted by Gasteiger charge is -2.24. The van der Waals surface area contributed by atoms with Gasteiger partial charge >= 0.3 is 5.76 Å². The van der Waals surface area contributed by atoms with E-state index in [9.17, 15) is 27.3 Å². The molecule has 0 saturated heterocycles. The average molecular weight is 334 g/mol. The molecule has 1 aromatic rings. The van der Waals surface area contributed by atoms with E-state index in [-0.39, 0.29) is 11.7 Å². The van der Waals surface area contributed by atoms with Crippen LogP contribution in [0.1, 0.15) is 26.2 Å². The minimum absolute atomic E-state index is 0.191. The van der Waals surface area contributed by atoms with Crippen LogP contribution in [0.4, 0.5) is 20.2 Å². The van der Waals surface area contributed by atoms with Gasteiger partial charge in [0.2, 0.25) is 9.84 Å². The summed E-state index contributed by atoms with van der Waals surface area (Å²) in [6.45, 7) is 2.52. The molecule has 0 spiro atoms. The van der Waals surface area contributed by atoms with Crippen LogP contribution in [0.15, 0.2) is 23.1 Å². The fourth-order valence-corrected chi connectivity index (χ4v) is 3.04. The monoisotopic (exact) mass is 334 g/mol. The van der Waals surface area contributed by atoms with Gasteiger partial charge in [0.05, 0.1) is 9.82 Å². The van der Waals surface area contributed by atoms with Gasteiger partial charge in [0.1, 0.15) is 5.69 Å². The number of sulfone groups is 1. The number of nitro benzene ring substituents is 1. The van der Waals surface area contributed by atoms with E-state index >= 15 is 0 Å². The topological polar surface area (TPSA) is 80.5 Å². The Morgan fingerprint density at radius 1 is 1.41 bits per heavy atom. The number of hydrogen-bond donors (Lipinski definition) is 0. The highest BCUT2D eigenvalue weighted by molar-refractivity contribution is 7.91. The third-order valence-electron chi connectivity index (χ3n) is 3.47. The van der Waals surface area contributed by atoms with E-state index in [4.69, 9.17) is 0 Å². The summed E-state index contributed by atoms with van der Waals surface area (Å²) in [5.74, 6) is -3.60. The highest BCUT2D eigenvalue weighted by atomic mass is 32.2. The van der Waals surface area contributed by atoms with Crippen molar-refractivity contribution < 1.29 is 22.1 Å². The van der Waals surface area contributed by atoms with Crippen molar-refractivity contribution in [2.24, 2.45) is 0 Å². The van der Waals surface area contributed by atoms with Gasteiger partial charge in [-0.15, -0.1) is 0 Å². The lowest BCUT2D eigenvalue weighted by Crippen LogP contribution is -2.27. The maximum atomic E-state index is 12.6. The molecule has 9 heteroatoms. The molecule has 1 fully saturated rings. The quantitative estimate of drug-likeness (QED) is 0.566. The van der Waals surface area contributed by atoms with Crippen LogP contribution in [0.3, 0.4) is 0 Å². The number of rotatable bonds is 7. The standard InChI is InChI=1S/C13H16F2N2O4S/c1-2-7-16(9-3-4-9)11-6-5-10(8-12(11)17(18)19)22(20,21)13(14)15/h5-6,8-9,13H,2-4,7H2,1H3. The zero-order valence-electron chi connectivity index (χ0n) is 11.9. The van der Waals surface area contributed by atoms with Crippen molar-refractivity contribution in [1.82, 2.24) is 0 Å². The molecular formula is C13H16F2N2O4S. The molecule has 0 aliphatic heterocycles. The molecule has 122 valence electrons. The lowest BCUT2D eigenvalue weighted by molar-refractivity contribution is -0.384. The van der Waals surface area contributed by atoms with Crippen LogP contribution in [-0.2, 0) is 9.84 Å². The number of nitro groups is 1. The van der Waals surface area contributed by atoms with Crippen LogP contribution in [0.25, 0.3) is 0 Å². The first-order chi connectivity index (χ1) is 10.3. The molecule has 1 aliphatic carbocycles. The minimum atomic E-state index is -4.85. The van der Waals surface area contributed by atoms with E-state index in [2.05, 4.69) is 0 Å². The van der Waals surface area contributed by atoms with E-state index in [1.807, 2.05) is 11.8 Å². The van der Waals surface area contributed by atoms with E-state index < -0.39 is 31.1 Å². The van der Waals surface area contributed by atoms with Crippen molar-refractivity contribution >= 4 is 21.2 Å². The first kappa shape index (κ1) is 16.6. The number of halogens is 2. The largest absolute Gasteiger partial charge is 0.363 e. The molecule has 1 aliphatic rings. The molecule has 1 saturated carbocycles. The number of alkyl halides is 2. The minimum Gasteiger partial charge on any atom is -0.363 e. The molecular weight excluding hydrogens is 318 g/mol. The Morgan fingerprint density at radius 3 is 2.50 bits per heavy atom. The summed E-state index contributed by atoms with van der Waals surface area (Å²) in [6, 6.07) is 3.18. The van der Waals surface area contributed by atoms with Gasteiger partial charge in [-0.1, -0.05) is 6.92 Å².